The van der Waals surface area contributed by atoms with Crippen LogP contribution in [0.2, 0.25) is 0 Å². The Morgan fingerprint density at radius 2 is 1.91 bits per heavy atom. The molecular weight excluding hydrogens is 136 g/mol. The lowest BCUT2D eigenvalue weighted by Gasteiger charge is -2.13. The topological polar surface area (TPSA) is 29.3 Å². The van der Waals surface area contributed by atoms with Gasteiger partial charge in [0.15, 0.2) is 0 Å². The van der Waals surface area contributed by atoms with Crippen molar-refractivity contribution >= 4 is 0 Å². The molecule has 11 heavy (non-hydrogen) atoms. The zero-order chi connectivity index (χ0) is 7.68. The van der Waals surface area contributed by atoms with Gasteiger partial charge in [0.1, 0.15) is 0 Å². The smallest absolute Gasteiger partial charge is 0.00714 e. The Morgan fingerprint density at radius 1 is 1.27 bits per heavy atom. The monoisotopic (exact) mass is 154 g/mol. The fourth-order valence-electron chi connectivity index (χ4n) is 1.96. The molecule has 2 aliphatic rings. The van der Waals surface area contributed by atoms with Crippen LogP contribution < -0.4 is 5.73 Å². The molecule has 1 heterocycles. The Morgan fingerprint density at radius 3 is 2.45 bits per heavy atom. The van der Waals surface area contributed by atoms with Crippen LogP contribution >= 0.6 is 0 Å². The molecule has 1 saturated heterocycles. The van der Waals surface area contributed by atoms with E-state index in [9.17, 15) is 0 Å². The summed E-state index contributed by atoms with van der Waals surface area (Å²) >= 11 is 0. The summed E-state index contributed by atoms with van der Waals surface area (Å²) in [5.74, 6) is 0.871. The third-order valence-corrected chi connectivity index (χ3v) is 2.99. The van der Waals surface area contributed by atoms with Crippen molar-refractivity contribution in [2.24, 2.45) is 11.7 Å². The van der Waals surface area contributed by atoms with Gasteiger partial charge < -0.3 is 10.6 Å². The minimum absolute atomic E-state index is 0.553. The first-order valence-electron chi connectivity index (χ1n) is 4.84. The summed E-state index contributed by atoms with van der Waals surface area (Å²) in [7, 11) is 0. The lowest BCUT2D eigenvalue weighted by molar-refractivity contribution is 0.325. The summed E-state index contributed by atoms with van der Waals surface area (Å²) in [4.78, 5) is 2.57. The number of nitrogens with zero attached hydrogens (tertiary/aromatic N) is 1. The normalized spacial score (nSPS) is 37.9. The molecule has 2 nitrogen and oxygen atoms in total. The van der Waals surface area contributed by atoms with E-state index in [4.69, 9.17) is 5.73 Å². The van der Waals surface area contributed by atoms with Crippen LogP contribution in [0.5, 0.6) is 0 Å². The maximum absolute atomic E-state index is 5.73. The van der Waals surface area contributed by atoms with Gasteiger partial charge in [0.2, 0.25) is 0 Å². The molecule has 0 aromatic rings. The van der Waals surface area contributed by atoms with E-state index in [2.05, 4.69) is 4.90 Å². The largest absolute Gasteiger partial charge is 0.327 e. The molecular formula is C9H18N2. The molecule has 2 heteroatoms. The molecule has 0 unspecified atom stereocenters. The van der Waals surface area contributed by atoms with Gasteiger partial charge in [-0.25, -0.2) is 0 Å². The van der Waals surface area contributed by atoms with Crippen molar-refractivity contribution in [3.63, 3.8) is 0 Å². The molecule has 1 saturated carbocycles. The second kappa shape index (κ2) is 3.11. The highest BCUT2D eigenvalue weighted by atomic mass is 15.1. The molecule has 0 aromatic heterocycles. The highest BCUT2D eigenvalue weighted by molar-refractivity contribution is 4.90. The number of likely N-dealkylation sites (tertiary alicyclic amines) is 1. The van der Waals surface area contributed by atoms with Crippen LogP contribution in [-0.4, -0.2) is 30.6 Å². The minimum Gasteiger partial charge on any atom is -0.327 e. The quantitative estimate of drug-likeness (QED) is 0.652. The van der Waals surface area contributed by atoms with Crippen LogP contribution in [0.4, 0.5) is 0 Å². The highest BCUT2D eigenvalue weighted by Crippen LogP contribution is 2.31. The van der Waals surface area contributed by atoms with Gasteiger partial charge in [-0.1, -0.05) is 0 Å². The number of rotatable bonds is 3. The Hall–Kier alpha value is -0.0800. The molecule has 0 aromatic carbocycles. The zero-order valence-electron chi connectivity index (χ0n) is 7.13. The van der Waals surface area contributed by atoms with E-state index >= 15 is 0 Å². The first-order chi connectivity index (χ1) is 5.36. The third-order valence-electron chi connectivity index (χ3n) is 2.99. The third kappa shape index (κ3) is 1.94. The van der Waals surface area contributed by atoms with E-state index in [1.807, 2.05) is 0 Å². The molecule has 64 valence electrons. The summed E-state index contributed by atoms with van der Waals surface area (Å²) in [6.07, 6.45) is 5.46. The van der Waals surface area contributed by atoms with Crippen LogP contribution in [0, 0.1) is 5.92 Å². The van der Waals surface area contributed by atoms with Crippen molar-refractivity contribution in [3.8, 4) is 0 Å². The Labute approximate surface area is 68.7 Å². The maximum Gasteiger partial charge on any atom is 0.00714 e. The molecule has 1 aliphatic carbocycles. The lowest BCUT2D eigenvalue weighted by Crippen LogP contribution is -2.21. The van der Waals surface area contributed by atoms with Gasteiger partial charge in [0.05, 0.1) is 0 Å². The summed E-state index contributed by atoms with van der Waals surface area (Å²) in [6, 6.07) is 0.553. The summed E-state index contributed by atoms with van der Waals surface area (Å²) < 4.78 is 0. The summed E-state index contributed by atoms with van der Waals surface area (Å²) in [5.41, 5.74) is 5.73. The second-order valence-corrected chi connectivity index (χ2v) is 4.00. The number of hydrogen-bond acceptors (Lipinski definition) is 2. The van der Waals surface area contributed by atoms with E-state index in [-0.39, 0.29) is 0 Å². The molecule has 1 aliphatic heterocycles. The molecule has 0 amide bonds. The average Bonchev–Trinajstić information content (AvgIpc) is 2.55. The molecule has 2 fully saturated rings. The van der Waals surface area contributed by atoms with E-state index < -0.39 is 0 Å². The van der Waals surface area contributed by atoms with Crippen molar-refractivity contribution < 1.29 is 0 Å². The predicted octanol–water partition coefficient (Wildman–Crippen LogP) is 0.819. The van der Waals surface area contributed by atoms with E-state index in [1.165, 1.54) is 45.3 Å². The minimum atomic E-state index is 0.553. The Kier molecular flexibility index (Phi) is 2.14. The van der Waals surface area contributed by atoms with Crippen molar-refractivity contribution in [1.82, 2.24) is 4.90 Å². The molecule has 2 N–H and O–H groups in total. The maximum atomic E-state index is 5.73. The molecule has 0 bridgehead atoms. The Balaban J connectivity index is 1.59. The van der Waals surface area contributed by atoms with Crippen LogP contribution in [0.15, 0.2) is 0 Å². The highest BCUT2D eigenvalue weighted by Gasteiger charge is 2.33. The predicted molar refractivity (Wildman–Crippen MR) is 46.4 cm³/mol. The van der Waals surface area contributed by atoms with Crippen LogP contribution in [0.25, 0.3) is 0 Å². The van der Waals surface area contributed by atoms with Gasteiger partial charge in [0.25, 0.3) is 0 Å². The van der Waals surface area contributed by atoms with Gasteiger partial charge in [-0.05, 0) is 51.2 Å². The molecule has 2 rings (SSSR count). The second-order valence-electron chi connectivity index (χ2n) is 4.00. The van der Waals surface area contributed by atoms with Gasteiger partial charge in [-0.15, -0.1) is 0 Å². The van der Waals surface area contributed by atoms with Crippen LogP contribution in [0.1, 0.15) is 25.7 Å². The fraction of sp³-hybridized carbons (Fsp3) is 1.00. The van der Waals surface area contributed by atoms with Gasteiger partial charge in [0, 0.05) is 6.04 Å². The van der Waals surface area contributed by atoms with Crippen molar-refractivity contribution in [2.75, 3.05) is 19.6 Å². The van der Waals surface area contributed by atoms with E-state index in [1.54, 1.807) is 0 Å². The molecule has 0 spiro atoms. The zero-order valence-corrected chi connectivity index (χ0v) is 7.13. The standard InChI is InChI=1S/C9H18N2/c10-9-7-8(9)3-6-11-4-1-2-5-11/h8-9H,1-7,10H2/t8-,9-/m1/s1. The summed E-state index contributed by atoms with van der Waals surface area (Å²) in [6.45, 7) is 3.97. The fourth-order valence-corrected chi connectivity index (χ4v) is 1.96. The average molecular weight is 154 g/mol. The first kappa shape index (κ1) is 7.56. The van der Waals surface area contributed by atoms with Crippen LogP contribution in [-0.2, 0) is 0 Å². The first-order valence-corrected chi connectivity index (χ1v) is 4.84. The van der Waals surface area contributed by atoms with Gasteiger partial charge >= 0.3 is 0 Å². The number of nitrogens with two attached hydrogens (primary N) is 1. The lowest BCUT2D eigenvalue weighted by atomic mass is 10.3. The summed E-state index contributed by atoms with van der Waals surface area (Å²) in [5, 5.41) is 0. The SMILES string of the molecule is N[C@@H]1C[C@H]1CCN1CCCC1. The van der Waals surface area contributed by atoms with Crippen LogP contribution in [0.3, 0.4) is 0 Å². The number of hydrogen-bond donors (Lipinski definition) is 1. The van der Waals surface area contributed by atoms with Crippen molar-refractivity contribution in [3.05, 3.63) is 0 Å². The van der Waals surface area contributed by atoms with Gasteiger partial charge in [-0.2, -0.15) is 0 Å². The molecule has 2 atom stereocenters. The van der Waals surface area contributed by atoms with E-state index in [0.29, 0.717) is 6.04 Å². The van der Waals surface area contributed by atoms with Gasteiger partial charge in [-0.3, -0.25) is 0 Å². The van der Waals surface area contributed by atoms with Crippen molar-refractivity contribution in [2.45, 2.75) is 31.7 Å². The van der Waals surface area contributed by atoms with Crippen molar-refractivity contribution in [1.29, 1.82) is 0 Å². The molecule has 0 radical (unpaired) electrons. The van der Waals surface area contributed by atoms with E-state index in [0.717, 1.165) is 5.92 Å². The Bertz CT molecular complexity index is 130.